The van der Waals surface area contributed by atoms with E-state index in [1.165, 1.54) is 0 Å². The number of benzene rings is 1. The SMILES string of the molecule is CC(C)(C)OC(=O)NCCCCn1cc(-c2cnc3ccccc3n2)cn1. The van der Waals surface area contributed by atoms with Crippen LogP contribution in [0, 0.1) is 0 Å². The Morgan fingerprint density at radius 1 is 1.15 bits per heavy atom. The Labute approximate surface area is 158 Å². The molecule has 0 spiro atoms. The topological polar surface area (TPSA) is 81.9 Å². The number of para-hydroxylation sites is 2. The predicted molar refractivity (Wildman–Crippen MR) is 104 cm³/mol. The molecule has 27 heavy (non-hydrogen) atoms. The van der Waals surface area contributed by atoms with Gasteiger partial charge in [0.15, 0.2) is 0 Å². The van der Waals surface area contributed by atoms with Crippen molar-refractivity contribution in [2.24, 2.45) is 0 Å². The van der Waals surface area contributed by atoms with Gasteiger partial charge in [-0.2, -0.15) is 5.10 Å². The standard InChI is InChI=1S/C20H25N5O2/c1-20(2,3)27-19(26)21-10-6-7-11-25-14-15(12-23-25)18-13-22-16-8-4-5-9-17(16)24-18/h4-5,8-9,12-14H,6-7,10-11H2,1-3H3,(H,21,26). The van der Waals surface area contributed by atoms with E-state index in [4.69, 9.17) is 4.74 Å². The molecule has 3 rings (SSSR count). The number of hydrogen-bond donors (Lipinski definition) is 1. The highest BCUT2D eigenvalue weighted by Gasteiger charge is 2.15. The summed E-state index contributed by atoms with van der Waals surface area (Å²) in [7, 11) is 0. The molecule has 0 aliphatic rings. The molecule has 0 saturated carbocycles. The molecule has 1 N–H and O–H groups in total. The summed E-state index contributed by atoms with van der Waals surface area (Å²) in [5, 5.41) is 7.16. The van der Waals surface area contributed by atoms with Crippen LogP contribution in [0.2, 0.25) is 0 Å². The quantitative estimate of drug-likeness (QED) is 0.670. The number of fused-ring (bicyclic) bond motifs is 1. The summed E-state index contributed by atoms with van der Waals surface area (Å²) < 4.78 is 7.09. The van der Waals surface area contributed by atoms with Gasteiger partial charge in [0.1, 0.15) is 5.60 Å². The number of aromatic nitrogens is 4. The van der Waals surface area contributed by atoms with E-state index in [0.29, 0.717) is 6.54 Å². The van der Waals surface area contributed by atoms with Crippen molar-refractivity contribution in [2.75, 3.05) is 6.54 Å². The van der Waals surface area contributed by atoms with Crippen molar-refractivity contribution in [1.29, 1.82) is 0 Å². The fourth-order valence-corrected chi connectivity index (χ4v) is 2.62. The summed E-state index contributed by atoms with van der Waals surface area (Å²) in [5.41, 5.74) is 3.04. The maximum atomic E-state index is 11.6. The largest absolute Gasteiger partial charge is 0.444 e. The number of amides is 1. The van der Waals surface area contributed by atoms with E-state index < -0.39 is 5.60 Å². The van der Waals surface area contributed by atoms with Gasteiger partial charge < -0.3 is 10.1 Å². The van der Waals surface area contributed by atoms with Crippen LogP contribution in [0.4, 0.5) is 4.79 Å². The Hall–Kier alpha value is -2.96. The molecule has 1 amide bonds. The van der Waals surface area contributed by atoms with Crippen molar-refractivity contribution in [1.82, 2.24) is 25.1 Å². The van der Waals surface area contributed by atoms with Crippen LogP contribution in [0.3, 0.4) is 0 Å². The Kier molecular flexibility index (Phi) is 5.69. The molecule has 1 aromatic carbocycles. The molecule has 3 aromatic rings. The van der Waals surface area contributed by atoms with Gasteiger partial charge in [-0.1, -0.05) is 12.1 Å². The van der Waals surface area contributed by atoms with E-state index in [2.05, 4.69) is 20.4 Å². The Morgan fingerprint density at radius 2 is 1.93 bits per heavy atom. The number of carbonyl (C=O) groups is 1. The molecule has 7 heteroatoms. The van der Waals surface area contributed by atoms with E-state index in [1.54, 1.807) is 12.4 Å². The van der Waals surface area contributed by atoms with Gasteiger partial charge >= 0.3 is 6.09 Å². The zero-order valence-corrected chi connectivity index (χ0v) is 16.0. The number of alkyl carbamates (subject to hydrolysis) is 1. The third kappa shape index (κ3) is 5.51. The molecule has 2 heterocycles. The van der Waals surface area contributed by atoms with Crippen LogP contribution >= 0.6 is 0 Å². The minimum absolute atomic E-state index is 0.376. The lowest BCUT2D eigenvalue weighted by Gasteiger charge is -2.19. The Bertz CT molecular complexity index is 914. The van der Waals surface area contributed by atoms with E-state index in [0.717, 1.165) is 41.7 Å². The van der Waals surface area contributed by atoms with Crippen LogP contribution in [0.1, 0.15) is 33.6 Å². The maximum Gasteiger partial charge on any atom is 0.407 e. The first-order chi connectivity index (χ1) is 12.9. The molecule has 7 nitrogen and oxygen atoms in total. The van der Waals surface area contributed by atoms with E-state index in [-0.39, 0.29) is 6.09 Å². The zero-order chi connectivity index (χ0) is 19.3. The van der Waals surface area contributed by atoms with Crippen LogP contribution in [0.5, 0.6) is 0 Å². The van der Waals surface area contributed by atoms with E-state index in [9.17, 15) is 4.79 Å². The minimum Gasteiger partial charge on any atom is -0.444 e. The first-order valence-corrected chi connectivity index (χ1v) is 9.12. The lowest BCUT2D eigenvalue weighted by Crippen LogP contribution is -2.33. The molecule has 142 valence electrons. The number of nitrogens with one attached hydrogen (secondary N) is 1. The number of rotatable bonds is 6. The fourth-order valence-electron chi connectivity index (χ4n) is 2.62. The second kappa shape index (κ2) is 8.16. The molecule has 0 unspecified atom stereocenters. The van der Waals surface area contributed by atoms with Crippen LogP contribution in [-0.2, 0) is 11.3 Å². The lowest BCUT2D eigenvalue weighted by molar-refractivity contribution is 0.0527. The predicted octanol–water partition coefficient (Wildman–Crippen LogP) is 3.80. The average molecular weight is 367 g/mol. The first kappa shape index (κ1) is 18.8. The van der Waals surface area contributed by atoms with Gasteiger partial charge in [-0.25, -0.2) is 9.78 Å². The van der Waals surface area contributed by atoms with Crippen molar-refractivity contribution in [2.45, 2.75) is 45.8 Å². The maximum absolute atomic E-state index is 11.6. The van der Waals surface area contributed by atoms with Crippen LogP contribution in [0.15, 0.2) is 42.9 Å². The molecule has 0 aliphatic heterocycles. The van der Waals surface area contributed by atoms with Gasteiger partial charge in [0, 0.05) is 24.8 Å². The summed E-state index contributed by atoms with van der Waals surface area (Å²) in [6.45, 7) is 6.90. The monoisotopic (exact) mass is 367 g/mol. The summed E-state index contributed by atoms with van der Waals surface area (Å²) >= 11 is 0. The van der Waals surface area contributed by atoms with Gasteiger partial charge in [0.2, 0.25) is 0 Å². The molecular formula is C20H25N5O2. The van der Waals surface area contributed by atoms with Gasteiger partial charge in [0.05, 0.1) is 29.1 Å². The van der Waals surface area contributed by atoms with E-state index >= 15 is 0 Å². The summed E-state index contributed by atoms with van der Waals surface area (Å²) in [4.78, 5) is 20.7. The van der Waals surface area contributed by atoms with Gasteiger partial charge in [0.25, 0.3) is 0 Å². The third-order valence-corrected chi connectivity index (χ3v) is 3.86. The Balaban J connectivity index is 1.47. The van der Waals surface area contributed by atoms with Gasteiger partial charge in [-0.15, -0.1) is 0 Å². The number of aryl methyl sites for hydroxylation is 1. The summed E-state index contributed by atoms with van der Waals surface area (Å²) in [5.74, 6) is 0. The fraction of sp³-hybridized carbons (Fsp3) is 0.400. The van der Waals surface area contributed by atoms with Gasteiger partial charge in [-0.3, -0.25) is 9.67 Å². The third-order valence-electron chi connectivity index (χ3n) is 3.86. The molecule has 0 fully saturated rings. The highest BCUT2D eigenvalue weighted by Crippen LogP contribution is 2.18. The zero-order valence-electron chi connectivity index (χ0n) is 16.0. The first-order valence-electron chi connectivity index (χ1n) is 9.12. The lowest BCUT2D eigenvalue weighted by atomic mass is 10.2. The number of nitrogens with zero attached hydrogens (tertiary/aromatic N) is 4. The molecule has 0 radical (unpaired) electrons. The van der Waals surface area contributed by atoms with Gasteiger partial charge in [-0.05, 0) is 45.7 Å². The number of hydrogen-bond acceptors (Lipinski definition) is 5. The van der Waals surface area contributed by atoms with Crippen molar-refractivity contribution < 1.29 is 9.53 Å². The molecule has 0 bridgehead atoms. The normalized spacial score (nSPS) is 11.5. The summed E-state index contributed by atoms with van der Waals surface area (Å²) in [6, 6.07) is 7.80. The van der Waals surface area contributed by atoms with Crippen molar-refractivity contribution >= 4 is 17.1 Å². The highest BCUT2D eigenvalue weighted by molar-refractivity contribution is 5.76. The van der Waals surface area contributed by atoms with Crippen molar-refractivity contribution in [3.63, 3.8) is 0 Å². The second-order valence-electron chi connectivity index (χ2n) is 7.37. The highest BCUT2D eigenvalue weighted by atomic mass is 16.6. The molecule has 0 aliphatic carbocycles. The Morgan fingerprint density at radius 3 is 2.70 bits per heavy atom. The van der Waals surface area contributed by atoms with E-state index in [1.807, 2.05) is 55.9 Å². The van der Waals surface area contributed by atoms with Crippen LogP contribution < -0.4 is 5.32 Å². The van der Waals surface area contributed by atoms with Crippen LogP contribution in [-0.4, -0.2) is 38.0 Å². The van der Waals surface area contributed by atoms with Crippen molar-refractivity contribution in [3.8, 4) is 11.3 Å². The number of ether oxygens (including phenoxy) is 1. The van der Waals surface area contributed by atoms with Crippen molar-refractivity contribution in [3.05, 3.63) is 42.9 Å². The molecule has 2 aromatic heterocycles. The number of carbonyl (C=O) groups excluding carboxylic acids is 1. The second-order valence-corrected chi connectivity index (χ2v) is 7.37. The molecule has 0 saturated heterocycles. The molecule has 0 atom stereocenters. The van der Waals surface area contributed by atoms with Crippen LogP contribution in [0.25, 0.3) is 22.3 Å². The minimum atomic E-state index is -0.471. The molecular weight excluding hydrogens is 342 g/mol. The smallest absolute Gasteiger partial charge is 0.407 e. The number of unbranched alkanes of at least 4 members (excludes halogenated alkanes) is 1. The summed E-state index contributed by atoms with van der Waals surface area (Å²) in [6.07, 6.45) is 6.93. The average Bonchev–Trinajstić information content (AvgIpc) is 3.08.